The van der Waals surface area contributed by atoms with Gasteiger partial charge in [-0.2, -0.15) is 0 Å². The number of hydrogen-bond donors (Lipinski definition) is 1. The third-order valence-corrected chi connectivity index (χ3v) is 4.21. The van der Waals surface area contributed by atoms with Crippen LogP contribution in [0.3, 0.4) is 0 Å². The summed E-state index contributed by atoms with van der Waals surface area (Å²) in [5.41, 5.74) is 6.25. The van der Waals surface area contributed by atoms with Crippen LogP contribution in [0.4, 0.5) is 0 Å². The van der Waals surface area contributed by atoms with Crippen molar-refractivity contribution in [2.45, 2.75) is 51.0 Å². The van der Waals surface area contributed by atoms with Crippen LogP contribution in [-0.4, -0.2) is 55.1 Å². The Hall–Kier alpha value is -0.120. The zero-order valence-electron chi connectivity index (χ0n) is 11.2. The van der Waals surface area contributed by atoms with E-state index in [0.717, 1.165) is 6.54 Å². The maximum Gasteiger partial charge on any atom is 0.0180 e. The largest absolute Gasteiger partial charge is 0.326 e. The molecule has 0 spiro atoms. The van der Waals surface area contributed by atoms with Crippen molar-refractivity contribution in [3.8, 4) is 0 Å². The summed E-state index contributed by atoms with van der Waals surface area (Å²) in [6, 6.07) is 0.384. The molecule has 2 aliphatic rings. The first-order valence-electron chi connectivity index (χ1n) is 7.55. The number of piperidine rings is 2. The van der Waals surface area contributed by atoms with E-state index < -0.39 is 0 Å². The molecular formula is C14H29N3. The van der Waals surface area contributed by atoms with Crippen LogP contribution in [0.15, 0.2) is 0 Å². The van der Waals surface area contributed by atoms with Crippen LogP contribution in [0.5, 0.6) is 0 Å². The number of rotatable bonds is 5. The summed E-state index contributed by atoms with van der Waals surface area (Å²) in [6.45, 7) is 7.49. The van der Waals surface area contributed by atoms with E-state index in [-0.39, 0.29) is 0 Å². The van der Waals surface area contributed by atoms with Gasteiger partial charge in [0.05, 0.1) is 0 Å². The van der Waals surface area contributed by atoms with Gasteiger partial charge in [0.2, 0.25) is 0 Å². The van der Waals surface area contributed by atoms with Crippen molar-refractivity contribution in [1.82, 2.24) is 9.80 Å². The van der Waals surface area contributed by atoms with E-state index in [2.05, 4.69) is 9.80 Å². The van der Waals surface area contributed by atoms with E-state index in [1.807, 2.05) is 0 Å². The van der Waals surface area contributed by atoms with E-state index in [4.69, 9.17) is 5.73 Å². The standard InChI is InChI=1S/C14H29N3/c15-14(13-17-10-5-2-6-11-17)7-12-16-8-3-1-4-9-16/h14H,1-13,15H2/t14-/m0/s1. The lowest BCUT2D eigenvalue weighted by Gasteiger charge is -2.31. The molecule has 0 radical (unpaired) electrons. The normalized spacial score (nSPS) is 25.9. The quantitative estimate of drug-likeness (QED) is 0.792. The van der Waals surface area contributed by atoms with Gasteiger partial charge in [0.25, 0.3) is 0 Å². The Balaban J connectivity index is 1.57. The summed E-state index contributed by atoms with van der Waals surface area (Å²) in [6.07, 6.45) is 9.55. The van der Waals surface area contributed by atoms with Gasteiger partial charge in [-0.05, 0) is 64.8 Å². The highest BCUT2D eigenvalue weighted by Gasteiger charge is 2.15. The molecule has 0 aliphatic carbocycles. The molecule has 2 fully saturated rings. The second-order valence-corrected chi connectivity index (χ2v) is 5.81. The fourth-order valence-electron chi connectivity index (χ4n) is 3.10. The third-order valence-electron chi connectivity index (χ3n) is 4.21. The van der Waals surface area contributed by atoms with Crippen molar-refractivity contribution >= 4 is 0 Å². The van der Waals surface area contributed by atoms with Crippen LogP contribution in [0.2, 0.25) is 0 Å². The second kappa shape index (κ2) is 7.34. The van der Waals surface area contributed by atoms with E-state index in [0.29, 0.717) is 6.04 Å². The first-order chi connectivity index (χ1) is 8.34. The minimum Gasteiger partial charge on any atom is -0.326 e. The van der Waals surface area contributed by atoms with Crippen LogP contribution in [0.1, 0.15) is 44.9 Å². The number of hydrogen-bond acceptors (Lipinski definition) is 3. The smallest absolute Gasteiger partial charge is 0.0180 e. The zero-order chi connectivity index (χ0) is 11.9. The van der Waals surface area contributed by atoms with Crippen molar-refractivity contribution in [2.75, 3.05) is 39.3 Å². The van der Waals surface area contributed by atoms with Gasteiger partial charge in [-0.15, -0.1) is 0 Å². The third kappa shape index (κ3) is 4.94. The van der Waals surface area contributed by atoms with Crippen LogP contribution >= 0.6 is 0 Å². The predicted octanol–water partition coefficient (Wildman–Crippen LogP) is 1.68. The highest BCUT2D eigenvalue weighted by Crippen LogP contribution is 2.11. The number of nitrogens with zero attached hydrogens (tertiary/aromatic N) is 2. The van der Waals surface area contributed by atoms with Crippen molar-refractivity contribution in [3.63, 3.8) is 0 Å². The molecule has 2 aliphatic heterocycles. The molecule has 0 bridgehead atoms. The van der Waals surface area contributed by atoms with Crippen LogP contribution in [0, 0.1) is 0 Å². The second-order valence-electron chi connectivity index (χ2n) is 5.81. The molecule has 100 valence electrons. The average molecular weight is 239 g/mol. The van der Waals surface area contributed by atoms with Gasteiger partial charge in [0, 0.05) is 12.6 Å². The molecule has 2 heterocycles. The summed E-state index contributed by atoms with van der Waals surface area (Å²) in [4.78, 5) is 5.16. The van der Waals surface area contributed by atoms with Crippen molar-refractivity contribution in [1.29, 1.82) is 0 Å². The molecule has 2 rings (SSSR count). The number of nitrogens with two attached hydrogens (primary N) is 1. The molecule has 0 aromatic carbocycles. The van der Waals surface area contributed by atoms with Crippen LogP contribution in [0.25, 0.3) is 0 Å². The van der Waals surface area contributed by atoms with Gasteiger partial charge < -0.3 is 15.5 Å². The Bertz CT molecular complexity index is 196. The summed E-state index contributed by atoms with van der Waals surface area (Å²) >= 11 is 0. The van der Waals surface area contributed by atoms with Gasteiger partial charge in [0.15, 0.2) is 0 Å². The molecule has 1 atom stereocenters. The summed E-state index contributed by atoms with van der Waals surface area (Å²) < 4.78 is 0. The van der Waals surface area contributed by atoms with Crippen molar-refractivity contribution < 1.29 is 0 Å². The molecule has 2 N–H and O–H groups in total. The molecule has 0 unspecified atom stereocenters. The SMILES string of the molecule is N[C@@H](CCN1CCCCC1)CN1CCCCC1. The predicted molar refractivity (Wildman–Crippen MR) is 73.2 cm³/mol. The molecule has 2 saturated heterocycles. The Labute approximate surface area is 106 Å². The molecule has 17 heavy (non-hydrogen) atoms. The Morgan fingerprint density at radius 2 is 1.29 bits per heavy atom. The Morgan fingerprint density at radius 1 is 0.765 bits per heavy atom. The molecular weight excluding hydrogens is 210 g/mol. The molecule has 0 aromatic heterocycles. The minimum absolute atomic E-state index is 0.384. The van der Waals surface area contributed by atoms with E-state index >= 15 is 0 Å². The van der Waals surface area contributed by atoms with Crippen LogP contribution in [-0.2, 0) is 0 Å². The maximum atomic E-state index is 6.25. The first kappa shape index (κ1) is 13.3. The van der Waals surface area contributed by atoms with Gasteiger partial charge in [-0.3, -0.25) is 0 Å². The van der Waals surface area contributed by atoms with Gasteiger partial charge in [-0.1, -0.05) is 12.8 Å². The lowest BCUT2D eigenvalue weighted by Crippen LogP contribution is -2.42. The molecule has 0 aromatic rings. The lowest BCUT2D eigenvalue weighted by atomic mass is 10.1. The highest BCUT2D eigenvalue weighted by atomic mass is 15.1. The fourth-order valence-corrected chi connectivity index (χ4v) is 3.10. The van der Waals surface area contributed by atoms with Gasteiger partial charge in [-0.25, -0.2) is 0 Å². The van der Waals surface area contributed by atoms with E-state index in [1.165, 1.54) is 77.7 Å². The average Bonchev–Trinajstić information content (AvgIpc) is 2.39. The van der Waals surface area contributed by atoms with Crippen molar-refractivity contribution in [2.24, 2.45) is 5.73 Å². The molecule has 0 saturated carbocycles. The van der Waals surface area contributed by atoms with E-state index in [1.54, 1.807) is 0 Å². The molecule has 3 nitrogen and oxygen atoms in total. The fraction of sp³-hybridized carbons (Fsp3) is 1.00. The summed E-state index contributed by atoms with van der Waals surface area (Å²) in [5.74, 6) is 0. The van der Waals surface area contributed by atoms with Crippen molar-refractivity contribution in [3.05, 3.63) is 0 Å². The number of likely N-dealkylation sites (tertiary alicyclic amines) is 2. The topological polar surface area (TPSA) is 32.5 Å². The molecule has 3 heteroatoms. The molecule has 0 amide bonds. The van der Waals surface area contributed by atoms with Crippen LogP contribution < -0.4 is 5.73 Å². The maximum absolute atomic E-state index is 6.25. The van der Waals surface area contributed by atoms with E-state index in [9.17, 15) is 0 Å². The lowest BCUT2D eigenvalue weighted by molar-refractivity contribution is 0.190. The summed E-state index contributed by atoms with van der Waals surface area (Å²) in [7, 11) is 0. The Morgan fingerprint density at radius 3 is 1.88 bits per heavy atom. The minimum atomic E-state index is 0.384. The first-order valence-corrected chi connectivity index (χ1v) is 7.55. The van der Waals surface area contributed by atoms with Gasteiger partial charge >= 0.3 is 0 Å². The zero-order valence-corrected chi connectivity index (χ0v) is 11.2. The monoisotopic (exact) mass is 239 g/mol. The highest BCUT2D eigenvalue weighted by molar-refractivity contribution is 4.74. The summed E-state index contributed by atoms with van der Waals surface area (Å²) in [5, 5.41) is 0. The van der Waals surface area contributed by atoms with Gasteiger partial charge in [0.1, 0.15) is 0 Å². The Kier molecular flexibility index (Phi) is 5.75.